The van der Waals surface area contributed by atoms with Crippen LogP contribution in [0.15, 0.2) is 4.99 Å². The second kappa shape index (κ2) is 9.76. The van der Waals surface area contributed by atoms with Crippen LogP contribution in [0.3, 0.4) is 0 Å². The van der Waals surface area contributed by atoms with E-state index in [9.17, 15) is 8.42 Å². The second-order valence-corrected chi connectivity index (χ2v) is 10.2. The van der Waals surface area contributed by atoms with E-state index < -0.39 is 9.84 Å². The Morgan fingerprint density at radius 1 is 1.40 bits per heavy atom. The maximum atomic E-state index is 11.3. The summed E-state index contributed by atoms with van der Waals surface area (Å²) in [5.41, 5.74) is 0.121. The van der Waals surface area contributed by atoms with E-state index in [0.717, 1.165) is 25.0 Å². The van der Waals surface area contributed by atoms with Crippen LogP contribution < -0.4 is 10.6 Å². The fourth-order valence-corrected chi connectivity index (χ4v) is 4.35. The van der Waals surface area contributed by atoms with Gasteiger partial charge in [0.1, 0.15) is 9.84 Å². The minimum absolute atomic E-state index is 0.0631. The van der Waals surface area contributed by atoms with Gasteiger partial charge in [-0.2, -0.15) is 0 Å². The van der Waals surface area contributed by atoms with Crippen LogP contribution in [0.1, 0.15) is 52.9 Å². The van der Waals surface area contributed by atoms with E-state index in [1.807, 2.05) is 13.8 Å². The Kier molecular flexibility index (Phi) is 8.68. The highest BCUT2D eigenvalue weighted by Crippen LogP contribution is 2.35. The van der Waals surface area contributed by atoms with Crippen molar-refractivity contribution in [2.24, 2.45) is 10.9 Å². The smallest absolute Gasteiger partial charge is 0.191 e. The summed E-state index contributed by atoms with van der Waals surface area (Å²) in [6, 6.07) is 0.0631. The van der Waals surface area contributed by atoms with Crippen LogP contribution in [-0.4, -0.2) is 70.1 Å². The summed E-state index contributed by atoms with van der Waals surface area (Å²) in [5, 5.41) is 6.64. The lowest BCUT2D eigenvalue weighted by molar-refractivity contribution is 0.0845. The van der Waals surface area contributed by atoms with Crippen molar-refractivity contribution >= 4 is 15.8 Å². The predicted octanol–water partition coefficient (Wildman–Crippen LogP) is 1.88. The van der Waals surface area contributed by atoms with Crippen LogP contribution in [0, 0.1) is 5.92 Å². The molecule has 1 saturated carbocycles. The predicted molar refractivity (Wildman–Crippen MR) is 107 cm³/mol. The summed E-state index contributed by atoms with van der Waals surface area (Å²) >= 11 is 0. The van der Waals surface area contributed by atoms with E-state index >= 15 is 0 Å². The molecule has 3 atom stereocenters. The fourth-order valence-electron chi connectivity index (χ4n) is 3.57. The molecule has 0 amide bonds. The number of aliphatic imine (C=N–C) groups is 1. The summed E-state index contributed by atoms with van der Waals surface area (Å²) in [4.78, 5) is 7.19. The Bertz CT molecular complexity index is 533. The molecule has 0 bridgehead atoms. The Labute approximate surface area is 154 Å². The monoisotopic (exact) mass is 374 g/mol. The van der Waals surface area contributed by atoms with Crippen molar-refractivity contribution < 1.29 is 8.42 Å². The van der Waals surface area contributed by atoms with Crippen molar-refractivity contribution in [1.82, 2.24) is 15.5 Å². The number of likely N-dealkylation sites (N-methyl/N-ethyl adjacent to an activating group) is 1. The summed E-state index contributed by atoms with van der Waals surface area (Å²) in [5.74, 6) is 1.71. The van der Waals surface area contributed by atoms with Gasteiger partial charge in [-0.05, 0) is 53.1 Å². The van der Waals surface area contributed by atoms with Gasteiger partial charge in [-0.15, -0.1) is 0 Å². The zero-order valence-electron chi connectivity index (χ0n) is 16.9. The standard InChI is InChI=1S/C18H38N4O2S/c1-7-19-17(21-16(3)10-12-25(6,23)24)20-14-18(22(4)5)11-8-9-15(2)13-18/h15-16H,7-14H2,1-6H3,(H2,19,20,21). The second-order valence-electron chi connectivity index (χ2n) is 7.98. The number of nitrogens with zero attached hydrogens (tertiary/aromatic N) is 2. The molecule has 25 heavy (non-hydrogen) atoms. The van der Waals surface area contributed by atoms with Gasteiger partial charge in [0.05, 0.1) is 12.3 Å². The number of guanidine groups is 1. The summed E-state index contributed by atoms with van der Waals surface area (Å²) in [6.45, 7) is 7.93. The van der Waals surface area contributed by atoms with Crippen LogP contribution in [0.4, 0.5) is 0 Å². The van der Waals surface area contributed by atoms with Crippen molar-refractivity contribution in [2.45, 2.75) is 64.5 Å². The zero-order chi connectivity index (χ0) is 19.1. The lowest BCUT2D eigenvalue weighted by atomic mass is 9.75. The first-order valence-corrected chi connectivity index (χ1v) is 11.5. The normalized spacial score (nSPS) is 26.5. The van der Waals surface area contributed by atoms with Gasteiger partial charge in [0.25, 0.3) is 0 Å². The van der Waals surface area contributed by atoms with Gasteiger partial charge < -0.3 is 15.5 Å². The third-order valence-electron chi connectivity index (χ3n) is 5.20. The van der Waals surface area contributed by atoms with Gasteiger partial charge in [-0.1, -0.05) is 19.8 Å². The zero-order valence-corrected chi connectivity index (χ0v) is 17.7. The number of hydrogen-bond donors (Lipinski definition) is 2. The first kappa shape index (κ1) is 22.2. The Balaban J connectivity index is 2.75. The maximum absolute atomic E-state index is 11.3. The molecule has 1 aliphatic rings. The van der Waals surface area contributed by atoms with Crippen LogP contribution in [0.25, 0.3) is 0 Å². The third-order valence-corrected chi connectivity index (χ3v) is 6.17. The molecule has 0 aromatic heterocycles. The summed E-state index contributed by atoms with van der Waals surface area (Å²) in [7, 11) is 1.38. The highest BCUT2D eigenvalue weighted by Gasteiger charge is 2.36. The first-order chi connectivity index (χ1) is 11.6. The molecule has 148 valence electrons. The number of rotatable bonds is 8. The van der Waals surface area contributed by atoms with Crippen LogP contribution in [-0.2, 0) is 9.84 Å². The van der Waals surface area contributed by atoms with Crippen LogP contribution >= 0.6 is 0 Å². The van der Waals surface area contributed by atoms with Crippen molar-refractivity contribution in [3.8, 4) is 0 Å². The molecule has 0 aromatic carbocycles. The van der Waals surface area contributed by atoms with Gasteiger partial charge in [-0.3, -0.25) is 4.99 Å². The van der Waals surface area contributed by atoms with E-state index in [4.69, 9.17) is 4.99 Å². The average Bonchev–Trinajstić information content (AvgIpc) is 2.50. The molecule has 0 saturated heterocycles. The Hall–Kier alpha value is -0.820. The van der Waals surface area contributed by atoms with E-state index in [2.05, 4.69) is 36.6 Å². The highest BCUT2D eigenvalue weighted by atomic mass is 32.2. The minimum Gasteiger partial charge on any atom is -0.357 e. The lowest BCUT2D eigenvalue weighted by Gasteiger charge is -2.44. The Morgan fingerprint density at radius 3 is 2.60 bits per heavy atom. The molecule has 0 spiro atoms. The maximum Gasteiger partial charge on any atom is 0.191 e. The topological polar surface area (TPSA) is 73.8 Å². The molecular formula is C18H38N4O2S. The molecule has 3 unspecified atom stereocenters. The molecule has 1 rings (SSSR count). The van der Waals surface area contributed by atoms with Gasteiger partial charge in [0.2, 0.25) is 0 Å². The van der Waals surface area contributed by atoms with Crippen molar-refractivity contribution in [3.05, 3.63) is 0 Å². The van der Waals surface area contributed by atoms with Gasteiger partial charge in [0.15, 0.2) is 5.96 Å². The van der Waals surface area contributed by atoms with Crippen LogP contribution in [0.2, 0.25) is 0 Å². The number of hydrogen-bond acceptors (Lipinski definition) is 4. The van der Waals surface area contributed by atoms with Crippen molar-refractivity contribution in [1.29, 1.82) is 0 Å². The summed E-state index contributed by atoms with van der Waals surface area (Å²) in [6.07, 6.45) is 6.77. The summed E-state index contributed by atoms with van der Waals surface area (Å²) < 4.78 is 22.7. The molecule has 2 N–H and O–H groups in total. The number of nitrogens with one attached hydrogen (secondary N) is 2. The molecule has 1 fully saturated rings. The van der Waals surface area contributed by atoms with E-state index in [0.29, 0.717) is 6.42 Å². The molecule has 0 heterocycles. The SMILES string of the molecule is CCNC(=NCC1(N(C)C)CCCC(C)C1)NC(C)CCS(C)(=O)=O. The van der Waals surface area contributed by atoms with Crippen LogP contribution in [0.5, 0.6) is 0 Å². The highest BCUT2D eigenvalue weighted by molar-refractivity contribution is 7.90. The molecule has 1 aliphatic carbocycles. The molecule has 7 heteroatoms. The van der Waals surface area contributed by atoms with Crippen molar-refractivity contribution in [3.63, 3.8) is 0 Å². The average molecular weight is 375 g/mol. The van der Waals surface area contributed by atoms with E-state index in [1.165, 1.54) is 31.9 Å². The van der Waals surface area contributed by atoms with Crippen molar-refractivity contribution in [2.75, 3.05) is 39.2 Å². The fraction of sp³-hybridized carbons (Fsp3) is 0.944. The number of sulfone groups is 1. The lowest BCUT2D eigenvalue weighted by Crippen LogP contribution is -2.51. The molecule has 0 aromatic rings. The van der Waals surface area contributed by atoms with E-state index in [-0.39, 0.29) is 17.3 Å². The molecular weight excluding hydrogens is 336 g/mol. The Morgan fingerprint density at radius 2 is 2.08 bits per heavy atom. The van der Waals surface area contributed by atoms with Gasteiger partial charge in [0, 0.05) is 24.4 Å². The molecule has 0 aliphatic heterocycles. The molecule has 0 radical (unpaired) electrons. The molecule has 6 nitrogen and oxygen atoms in total. The van der Waals surface area contributed by atoms with Gasteiger partial charge >= 0.3 is 0 Å². The first-order valence-electron chi connectivity index (χ1n) is 9.48. The largest absolute Gasteiger partial charge is 0.357 e. The quantitative estimate of drug-likeness (QED) is 0.501. The minimum atomic E-state index is -2.93. The van der Waals surface area contributed by atoms with Gasteiger partial charge in [-0.25, -0.2) is 8.42 Å². The van der Waals surface area contributed by atoms with E-state index in [1.54, 1.807) is 0 Å². The third kappa shape index (κ3) is 7.94.